The van der Waals surface area contributed by atoms with Crippen LogP contribution in [0.2, 0.25) is 5.02 Å². The smallest absolute Gasteiger partial charge is 0.233 e. The first-order valence-corrected chi connectivity index (χ1v) is 7.24. The number of halogens is 1. The Kier molecular flexibility index (Phi) is 4.35. The first-order valence-electron chi connectivity index (χ1n) is 5.81. The van der Waals surface area contributed by atoms with E-state index in [1.165, 1.54) is 0 Å². The van der Waals surface area contributed by atoms with Gasteiger partial charge in [-0.2, -0.15) is 0 Å². The third kappa shape index (κ3) is 4.25. The second kappa shape index (κ2) is 5.78. The maximum atomic E-state index is 11.7. The minimum atomic E-state index is -0.00502. The highest BCUT2D eigenvalue weighted by molar-refractivity contribution is 7.99. The summed E-state index contributed by atoms with van der Waals surface area (Å²) in [7, 11) is 0. The van der Waals surface area contributed by atoms with E-state index in [2.05, 4.69) is 5.32 Å². The molecule has 1 amide bonds. The zero-order chi connectivity index (χ0) is 12.3. The maximum Gasteiger partial charge on any atom is 0.233 e. The van der Waals surface area contributed by atoms with Gasteiger partial charge >= 0.3 is 0 Å². The first-order chi connectivity index (χ1) is 8.15. The highest BCUT2D eigenvalue weighted by Crippen LogP contribution is 2.23. The molecular formula is C13H16ClNOS. The van der Waals surface area contributed by atoms with Gasteiger partial charge in [-0.05, 0) is 37.5 Å². The monoisotopic (exact) mass is 269 g/mol. The first kappa shape index (κ1) is 12.8. The third-order valence-electron chi connectivity index (χ3n) is 2.68. The van der Waals surface area contributed by atoms with Crippen molar-refractivity contribution in [3.05, 3.63) is 34.9 Å². The van der Waals surface area contributed by atoms with Crippen molar-refractivity contribution in [3.63, 3.8) is 0 Å². The van der Waals surface area contributed by atoms with Crippen molar-refractivity contribution < 1.29 is 4.79 Å². The molecule has 4 heteroatoms. The van der Waals surface area contributed by atoms with Crippen LogP contribution in [0.25, 0.3) is 0 Å². The molecule has 0 aliphatic heterocycles. The lowest BCUT2D eigenvalue weighted by Gasteiger charge is -2.11. The molecule has 2 rings (SSSR count). The van der Waals surface area contributed by atoms with Crippen molar-refractivity contribution in [2.24, 2.45) is 0 Å². The van der Waals surface area contributed by atoms with Gasteiger partial charge in [0.1, 0.15) is 0 Å². The fourth-order valence-corrected chi connectivity index (χ4v) is 2.52. The molecule has 1 saturated carbocycles. The van der Waals surface area contributed by atoms with Crippen LogP contribution in [-0.4, -0.2) is 17.2 Å². The van der Waals surface area contributed by atoms with E-state index in [-0.39, 0.29) is 11.2 Å². The van der Waals surface area contributed by atoms with Crippen LogP contribution in [0, 0.1) is 0 Å². The molecule has 1 aromatic rings. The van der Waals surface area contributed by atoms with E-state index in [1.807, 2.05) is 31.2 Å². The molecule has 0 aromatic heterocycles. The third-order valence-corrected chi connectivity index (χ3v) is 4.13. The second-order valence-corrected chi connectivity index (χ2v) is 6.13. The molecule has 0 heterocycles. The van der Waals surface area contributed by atoms with Crippen LogP contribution < -0.4 is 5.32 Å². The highest BCUT2D eigenvalue weighted by Gasteiger charge is 2.25. The minimum Gasteiger partial charge on any atom is -0.352 e. The van der Waals surface area contributed by atoms with E-state index in [0.29, 0.717) is 6.04 Å². The number of hydrogen-bond donors (Lipinski definition) is 1. The molecule has 0 bridgehead atoms. The van der Waals surface area contributed by atoms with Gasteiger partial charge in [0.15, 0.2) is 0 Å². The van der Waals surface area contributed by atoms with Gasteiger partial charge in [0.25, 0.3) is 0 Å². The highest BCUT2D eigenvalue weighted by atomic mass is 35.5. The summed E-state index contributed by atoms with van der Waals surface area (Å²) in [5, 5.41) is 3.76. The number of nitrogens with one attached hydrogen (secondary N) is 1. The summed E-state index contributed by atoms with van der Waals surface area (Å²) in [4.78, 5) is 11.7. The lowest BCUT2D eigenvalue weighted by molar-refractivity contribution is -0.120. The summed E-state index contributed by atoms with van der Waals surface area (Å²) in [6.45, 7) is 1.95. The van der Waals surface area contributed by atoms with E-state index in [1.54, 1.807) is 11.8 Å². The van der Waals surface area contributed by atoms with Gasteiger partial charge in [0, 0.05) is 16.8 Å². The molecule has 1 fully saturated rings. The molecule has 92 valence electrons. The number of carbonyl (C=O) groups is 1. The van der Waals surface area contributed by atoms with E-state index in [9.17, 15) is 4.79 Å². The van der Waals surface area contributed by atoms with Crippen LogP contribution in [-0.2, 0) is 10.5 Å². The Labute approximate surface area is 111 Å². The predicted molar refractivity (Wildman–Crippen MR) is 73.4 cm³/mol. The molecule has 0 unspecified atom stereocenters. The Morgan fingerprint density at radius 1 is 1.59 bits per heavy atom. The Morgan fingerprint density at radius 2 is 2.35 bits per heavy atom. The Morgan fingerprint density at radius 3 is 3.00 bits per heavy atom. The van der Waals surface area contributed by atoms with E-state index < -0.39 is 0 Å². The van der Waals surface area contributed by atoms with Gasteiger partial charge in [0.05, 0.1) is 5.25 Å². The van der Waals surface area contributed by atoms with Gasteiger partial charge in [-0.1, -0.05) is 23.7 Å². The van der Waals surface area contributed by atoms with Crippen LogP contribution in [0.5, 0.6) is 0 Å². The number of thioether (sulfide) groups is 1. The molecule has 1 aliphatic rings. The predicted octanol–water partition coefficient (Wildman–Crippen LogP) is 3.24. The maximum absolute atomic E-state index is 11.7. The van der Waals surface area contributed by atoms with Crippen LogP contribution in [0.15, 0.2) is 24.3 Å². The fourth-order valence-electron chi connectivity index (χ4n) is 1.47. The van der Waals surface area contributed by atoms with Gasteiger partial charge in [-0.25, -0.2) is 0 Å². The zero-order valence-electron chi connectivity index (χ0n) is 9.78. The largest absolute Gasteiger partial charge is 0.352 e. The summed E-state index contributed by atoms with van der Waals surface area (Å²) < 4.78 is 0. The van der Waals surface area contributed by atoms with E-state index in [4.69, 9.17) is 11.6 Å². The van der Waals surface area contributed by atoms with Gasteiger partial charge in [-0.3, -0.25) is 4.79 Å². The van der Waals surface area contributed by atoms with Crippen LogP contribution in [0.4, 0.5) is 0 Å². The molecule has 1 aromatic carbocycles. The molecule has 1 aliphatic carbocycles. The Bertz CT molecular complexity index is 406. The van der Waals surface area contributed by atoms with Crippen molar-refractivity contribution in [1.29, 1.82) is 0 Å². The van der Waals surface area contributed by atoms with Crippen molar-refractivity contribution in [2.45, 2.75) is 36.8 Å². The molecule has 2 nitrogen and oxygen atoms in total. The zero-order valence-corrected chi connectivity index (χ0v) is 11.4. The van der Waals surface area contributed by atoms with Crippen LogP contribution in [0.3, 0.4) is 0 Å². The van der Waals surface area contributed by atoms with Gasteiger partial charge < -0.3 is 5.32 Å². The fraction of sp³-hybridized carbons (Fsp3) is 0.462. The molecule has 0 saturated heterocycles. The second-order valence-electron chi connectivity index (χ2n) is 4.37. The van der Waals surface area contributed by atoms with Crippen LogP contribution in [0.1, 0.15) is 25.3 Å². The number of amides is 1. The van der Waals surface area contributed by atoms with E-state index >= 15 is 0 Å². The summed E-state index contributed by atoms with van der Waals surface area (Å²) in [5.41, 5.74) is 1.16. The molecular weight excluding hydrogens is 254 g/mol. The van der Waals surface area contributed by atoms with Crippen molar-refractivity contribution in [3.8, 4) is 0 Å². The van der Waals surface area contributed by atoms with Crippen molar-refractivity contribution >= 4 is 29.3 Å². The minimum absolute atomic E-state index is 0.00502. The molecule has 17 heavy (non-hydrogen) atoms. The number of carbonyl (C=O) groups excluding carboxylic acids is 1. The Hall–Kier alpha value is -0.670. The summed E-state index contributed by atoms with van der Waals surface area (Å²) in [6.07, 6.45) is 2.27. The Balaban J connectivity index is 1.78. The topological polar surface area (TPSA) is 29.1 Å². The summed E-state index contributed by atoms with van der Waals surface area (Å²) in [6, 6.07) is 8.22. The average molecular weight is 270 g/mol. The quantitative estimate of drug-likeness (QED) is 0.889. The molecule has 0 radical (unpaired) electrons. The van der Waals surface area contributed by atoms with Crippen molar-refractivity contribution in [1.82, 2.24) is 5.32 Å². The molecule has 1 N–H and O–H groups in total. The lowest BCUT2D eigenvalue weighted by Crippen LogP contribution is -2.32. The lowest BCUT2D eigenvalue weighted by atomic mass is 10.2. The van der Waals surface area contributed by atoms with Gasteiger partial charge in [-0.15, -0.1) is 11.8 Å². The van der Waals surface area contributed by atoms with Gasteiger partial charge in [0.2, 0.25) is 5.91 Å². The number of rotatable bonds is 5. The van der Waals surface area contributed by atoms with Crippen molar-refractivity contribution in [2.75, 3.05) is 0 Å². The summed E-state index contributed by atoms with van der Waals surface area (Å²) >= 11 is 7.56. The number of hydrogen-bond acceptors (Lipinski definition) is 2. The average Bonchev–Trinajstić information content (AvgIpc) is 3.10. The summed E-state index contributed by atoms with van der Waals surface area (Å²) in [5.74, 6) is 0.972. The van der Waals surface area contributed by atoms with Crippen LogP contribution >= 0.6 is 23.4 Å². The number of benzene rings is 1. The molecule has 0 spiro atoms. The normalized spacial score (nSPS) is 16.6. The standard InChI is InChI=1S/C13H16ClNOS/c1-9(13(16)15-12-5-6-12)17-8-10-3-2-4-11(14)7-10/h2-4,7,9,12H,5-6,8H2,1H3,(H,15,16)/t9-/m0/s1. The SMILES string of the molecule is C[C@H](SCc1cccc(Cl)c1)C(=O)NC1CC1. The molecule has 1 atom stereocenters. The van der Waals surface area contributed by atoms with E-state index in [0.717, 1.165) is 29.2 Å².